The fraction of sp³-hybridized carbons (Fsp3) is 0.833. The zero-order chi connectivity index (χ0) is 13.0. The summed E-state index contributed by atoms with van der Waals surface area (Å²) >= 11 is 0. The number of aliphatic hydroxyl groups is 1. The second-order valence-electron chi connectivity index (χ2n) is 5.08. The minimum atomic E-state index is -0.877. The van der Waals surface area contributed by atoms with E-state index in [1.807, 2.05) is 6.92 Å². The Bertz CT molecular complexity index is 292. The maximum Gasteiger partial charge on any atom is 0.303 e. The van der Waals surface area contributed by atoms with Crippen molar-refractivity contribution in [1.82, 2.24) is 4.90 Å². The molecule has 1 fully saturated rings. The Hall–Kier alpha value is -1.10. The van der Waals surface area contributed by atoms with Gasteiger partial charge in [0.25, 0.3) is 0 Å². The van der Waals surface area contributed by atoms with Gasteiger partial charge in [0, 0.05) is 25.9 Å². The van der Waals surface area contributed by atoms with Crippen LogP contribution in [0.1, 0.15) is 33.1 Å². The van der Waals surface area contributed by atoms with E-state index in [1.165, 1.54) is 0 Å². The number of rotatable bonds is 4. The van der Waals surface area contributed by atoms with E-state index in [1.54, 1.807) is 11.8 Å². The molecule has 0 spiro atoms. The van der Waals surface area contributed by atoms with Gasteiger partial charge in [-0.3, -0.25) is 9.59 Å². The molecule has 0 aromatic heterocycles. The molecule has 1 aliphatic heterocycles. The van der Waals surface area contributed by atoms with Gasteiger partial charge >= 0.3 is 5.97 Å². The SMILES string of the molecule is CC(CC(=O)O)CC(=O)N1CCC(C)C(O)C1. The highest BCUT2D eigenvalue weighted by atomic mass is 16.4. The predicted octanol–water partition coefficient (Wildman–Crippen LogP) is 0.717. The van der Waals surface area contributed by atoms with Gasteiger partial charge in [-0.1, -0.05) is 13.8 Å². The standard InChI is InChI=1S/C12H21NO4/c1-8(6-12(16)17)5-11(15)13-4-3-9(2)10(14)7-13/h8-10,14H,3-7H2,1-2H3,(H,16,17). The third kappa shape index (κ3) is 4.34. The van der Waals surface area contributed by atoms with Crippen LogP contribution < -0.4 is 0 Å². The van der Waals surface area contributed by atoms with Crippen LogP contribution in [-0.4, -0.2) is 46.2 Å². The van der Waals surface area contributed by atoms with Gasteiger partial charge in [-0.2, -0.15) is 0 Å². The number of carboxylic acid groups (broad SMARTS) is 1. The van der Waals surface area contributed by atoms with Crippen LogP contribution in [0.4, 0.5) is 0 Å². The Labute approximate surface area is 101 Å². The quantitative estimate of drug-likeness (QED) is 0.762. The summed E-state index contributed by atoms with van der Waals surface area (Å²) in [5, 5.41) is 18.3. The second-order valence-corrected chi connectivity index (χ2v) is 5.08. The number of amides is 1. The first-order valence-electron chi connectivity index (χ1n) is 6.07. The number of aliphatic carboxylic acids is 1. The predicted molar refractivity (Wildman–Crippen MR) is 62.4 cm³/mol. The Kier molecular flexibility index (Phi) is 4.93. The van der Waals surface area contributed by atoms with Gasteiger partial charge < -0.3 is 15.1 Å². The molecule has 3 unspecified atom stereocenters. The summed E-state index contributed by atoms with van der Waals surface area (Å²) in [6, 6.07) is 0. The molecule has 0 aliphatic carbocycles. The Balaban J connectivity index is 2.40. The van der Waals surface area contributed by atoms with Crippen LogP contribution in [0.15, 0.2) is 0 Å². The van der Waals surface area contributed by atoms with Crippen molar-refractivity contribution in [2.75, 3.05) is 13.1 Å². The Morgan fingerprint density at radius 1 is 1.41 bits per heavy atom. The first kappa shape index (κ1) is 14.0. The van der Waals surface area contributed by atoms with E-state index in [9.17, 15) is 14.7 Å². The van der Waals surface area contributed by atoms with E-state index in [-0.39, 0.29) is 30.6 Å². The molecule has 0 radical (unpaired) electrons. The number of likely N-dealkylation sites (tertiary alicyclic amines) is 1. The van der Waals surface area contributed by atoms with Gasteiger partial charge in [-0.25, -0.2) is 0 Å². The van der Waals surface area contributed by atoms with E-state index in [4.69, 9.17) is 5.11 Å². The number of aliphatic hydroxyl groups excluding tert-OH is 1. The molecule has 2 N–H and O–H groups in total. The summed E-state index contributed by atoms with van der Waals surface area (Å²) < 4.78 is 0. The van der Waals surface area contributed by atoms with Crippen molar-refractivity contribution >= 4 is 11.9 Å². The third-order valence-electron chi connectivity index (χ3n) is 3.32. The lowest BCUT2D eigenvalue weighted by Crippen LogP contribution is -2.46. The van der Waals surface area contributed by atoms with Gasteiger partial charge in [-0.05, 0) is 18.3 Å². The lowest BCUT2D eigenvalue weighted by molar-refractivity contribution is -0.139. The number of carbonyl (C=O) groups excluding carboxylic acids is 1. The molecule has 98 valence electrons. The minimum absolute atomic E-state index is 0.0124. The Morgan fingerprint density at radius 2 is 2.06 bits per heavy atom. The van der Waals surface area contributed by atoms with Crippen LogP contribution in [-0.2, 0) is 9.59 Å². The molecule has 0 aromatic carbocycles. The molecule has 1 aliphatic rings. The first-order valence-corrected chi connectivity index (χ1v) is 6.07. The fourth-order valence-corrected chi connectivity index (χ4v) is 2.07. The molecule has 0 bridgehead atoms. The van der Waals surface area contributed by atoms with Crippen LogP contribution in [0, 0.1) is 11.8 Å². The van der Waals surface area contributed by atoms with E-state index in [0.717, 1.165) is 6.42 Å². The zero-order valence-corrected chi connectivity index (χ0v) is 10.4. The van der Waals surface area contributed by atoms with E-state index < -0.39 is 12.1 Å². The molecular formula is C12H21NO4. The summed E-state index contributed by atoms with van der Waals surface area (Å²) in [6.07, 6.45) is 0.606. The number of nitrogens with zero attached hydrogens (tertiary/aromatic N) is 1. The molecule has 1 heterocycles. The minimum Gasteiger partial charge on any atom is -0.481 e. The van der Waals surface area contributed by atoms with Gasteiger partial charge in [0.2, 0.25) is 5.91 Å². The van der Waals surface area contributed by atoms with Crippen molar-refractivity contribution in [2.24, 2.45) is 11.8 Å². The van der Waals surface area contributed by atoms with Crippen molar-refractivity contribution in [3.63, 3.8) is 0 Å². The van der Waals surface area contributed by atoms with Crippen LogP contribution >= 0.6 is 0 Å². The summed E-state index contributed by atoms with van der Waals surface area (Å²) in [6.45, 7) is 4.77. The Morgan fingerprint density at radius 3 is 2.59 bits per heavy atom. The van der Waals surface area contributed by atoms with Crippen molar-refractivity contribution in [1.29, 1.82) is 0 Å². The van der Waals surface area contributed by atoms with E-state index in [2.05, 4.69) is 0 Å². The number of piperidine rings is 1. The number of carbonyl (C=O) groups is 2. The molecule has 0 saturated carbocycles. The number of hydrogen-bond donors (Lipinski definition) is 2. The van der Waals surface area contributed by atoms with Crippen molar-refractivity contribution in [3.05, 3.63) is 0 Å². The van der Waals surface area contributed by atoms with Crippen LogP contribution in [0.3, 0.4) is 0 Å². The van der Waals surface area contributed by atoms with Gasteiger partial charge in [0.1, 0.15) is 0 Å². The lowest BCUT2D eigenvalue weighted by atomic mass is 9.95. The molecule has 5 heteroatoms. The molecule has 3 atom stereocenters. The average molecular weight is 243 g/mol. The van der Waals surface area contributed by atoms with Gasteiger partial charge in [0.05, 0.1) is 6.10 Å². The maximum absolute atomic E-state index is 11.9. The van der Waals surface area contributed by atoms with Gasteiger partial charge in [0.15, 0.2) is 0 Å². The van der Waals surface area contributed by atoms with Crippen LogP contribution in [0.25, 0.3) is 0 Å². The molecule has 1 rings (SSSR count). The normalized spacial score (nSPS) is 26.6. The highest BCUT2D eigenvalue weighted by Gasteiger charge is 2.27. The van der Waals surface area contributed by atoms with E-state index in [0.29, 0.717) is 13.1 Å². The van der Waals surface area contributed by atoms with Crippen molar-refractivity contribution in [2.45, 2.75) is 39.2 Å². The number of hydrogen-bond acceptors (Lipinski definition) is 3. The summed E-state index contributed by atoms with van der Waals surface area (Å²) in [4.78, 5) is 24.0. The summed E-state index contributed by atoms with van der Waals surface area (Å²) in [5.41, 5.74) is 0. The summed E-state index contributed by atoms with van der Waals surface area (Å²) in [7, 11) is 0. The fourth-order valence-electron chi connectivity index (χ4n) is 2.07. The second kappa shape index (κ2) is 6.00. The van der Waals surface area contributed by atoms with Crippen molar-refractivity contribution in [3.8, 4) is 0 Å². The van der Waals surface area contributed by atoms with Crippen LogP contribution in [0.2, 0.25) is 0 Å². The number of carboxylic acids is 1. The summed E-state index contributed by atoms with van der Waals surface area (Å²) in [5.74, 6) is -0.853. The molecule has 5 nitrogen and oxygen atoms in total. The zero-order valence-electron chi connectivity index (χ0n) is 10.4. The largest absolute Gasteiger partial charge is 0.481 e. The number of β-amino-alcohol motifs (C(OH)–C–C–N with tert-alkyl or cyclic N) is 1. The topological polar surface area (TPSA) is 77.8 Å². The van der Waals surface area contributed by atoms with Gasteiger partial charge in [-0.15, -0.1) is 0 Å². The third-order valence-corrected chi connectivity index (χ3v) is 3.32. The van der Waals surface area contributed by atoms with Crippen LogP contribution in [0.5, 0.6) is 0 Å². The molecule has 1 amide bonds. The highest BCUT2D eigenvalue weighted by molar-refractivity contribution is 5.77. The molecule has 17 heavy (non-hydrogen) atoms. The molecule has 1 saturated heterocycles. The maximum atomic E-state index is 11.9. The first-order chi connectivity index (χ1) is 7.90. The smallest absolute Gasteiger partial charge is 0.303 e. The molecule has 0 aromatic rings. The lowest BCUT2D eigenvalue weighted by Gasteiger charge is -2.34. The molecular weight excluding hydrogens is 222 g/mol. The monoisotopic (exact) mass is 243 g/mol. The average Bonchev–Trinajstić information content (AvgIpc) is 2.20. The van der Waals surface area contributed by atoms with E-state index >= 15 is 0 Å². The van der Waals surface area contributed by atoms with Crippen molar-refractivity contribution < 1.29 is 19.8 Å². The highest BCUT2D eigenvalue weighted by Crippen LogP contribution is 2.19.